The Bertz CT molecular complexity index is 809. The Kier molecular flexibility index (Phi) is 4.21. The summed E-state index contributed by atoms with van der Waals surface area (Å²) >= 11 is 1.86. The van der Waals surface area contributed by atoms with Gasteiger partial charge in [-0.05, 0) is 29.0 Å². The molecule has 1 aromatic carbocycles. The van der Waals surface area contributed by atoms with Crippen molar-refractivity contribution < 1.29 is 4.42 Å². The Morgan fingerprint density at radius 2 is 2.04 bits per heavy atom. The smallest absolute Gasteiger partial charge is 0.230 e. The lowest BCUT2D eigenvalue weighted by Gasteiger charge is -2.35. The third-order valence-electron chi connectivity index (χ3n) is 4.50. The van der Waals surface area contributed by atoms with Gasteiger partial charge in [-0.15, -0.1) is 21.5 Å². The van der Waals surface area contributed by atoms with Gasteiger partial charge in [0.15, 0.2) is 0 Å². The fourth-order valence-electron chi connectivity index (χ4n) is 3.30. The van der Waals surface area contributed by atoms with Gasteiger partial charge in [-0.25, -0.2) is 0 Å². The Morgan fingerprint density at radius 3 is 2.79 bits per heavy atom. The number of thiophene rings is 1. The lowest BCUT2D eigenvalue weighted by molar-refractivity contribution is 0.185. The van der Waals surface area contributed by atoms with Crippen LogP contribution in [0.25, 0.3) is 0 Å². The van der Waals surface area contributed by atoms with Gasteiger partial charge in [0, 0.05) is 17.3 Å². The molecular weight excluding hydrogens is 318 g/mol. The van der Waals surface area contributed by atoms with Crippen molar-refractivity contribution >= 4 is 11.3 Å². The van der Waals surface area contributed by atoms with E-state index in [0.29, 0.717) is 12.4 Å². The fourth-order valence-corrected chi connectivity index (χ4v) is 4.21. The largest absolute Gasteiger partial charge is 0.424 e. The Labute approximate surface area is 146 Å². The minimum atomic E-state index is 0.260. The van der Waals surface area contributed by atoms with E-state index in [4.69, 9.17) is 4.42 Å². The summed E-state index contributed by atoms with van der Waals surface area (Å²) in [5.74, 6) is 1.69. The van der Waals surface area contributed by atoms with E-state index in [9.17, 15) is 0 Å². The molecule has 0 radical (unpaired) electrons. The minimum Gasteiger partial charge on any atom is -0.424 e. The number of rotatable bonds is 4. The number of nitrogens with zero attached hydrogens (tertiary/aromatic N) is 3. The number of hydrogen-bond acceptors (Lipinski definition) is 5. The van der Waals surface area contributed by atoms with Crippen LogP contribution in [0.1, 0.15) is 53.6 Å². The third kappa shape index (κ3) is 2.89. The summed E-state index contributed by atoms with van der Waals surface area (Å²) in [5, 5.41) is 10.6. The van der Waals surface area contributed by atoms with Gasteiger partial charge in [0.1, 0.15) is 0 Å². The van der Waals surface area contributed by atoms with Gasteiger partial charge in [0.2, 0.25) is 11.8 Å². The maximum absolute atomic E-state index is 5.84. The predicted molar refractivity (Wildman–Crippen MR) is 95.1 cm³/mol. The predicted octanol–water partition coefficient (Wildman–Crippen LogP) is 4.40. The average Bonchev–Trinajstić information content (AvgIpc) is 3.24. The van der Waals surface area contributed by atoms with Gasteiger partial charge in [-0.3, -0.25) is 4.90 Å². The highest BCUT2D eigenvalue weighted by Gasteiger charge is 2.30. The molecule has 3 aromatic rings. The van der Waals surface area contributed by atoms with Crippen molar-refractivity contribution in [1.82, 2.24) is 15.1 Å². The first-order valence-corrected chi connectivity index (χ1v) is 9.28. The van der Waals surface area contributed by atoms with E-state index >= 15 is 0 Å². The van der Waals surface area contributed by atoms with E-state index in [1.54, 1.807) is 0 Å². The molecule has 124 valence electrons. The van der Waals surface area contributed by atoms with Crippen LogP contribution < -0.4 is 0 Å². The van der Waals surface area contributed by atoms with Crippen LogP contribution in [0.4, 0.5) is 0 Å². The van der Waals surface area contributed by atoms with Gasteiger partial charge in [-0.1, -0.05) is 44.2 Å². The van der Waals surface area contributed by atoms with E-state index in [-0.39, 0.29) is 12.0 Å². The Hall–Kier alpha value is -1.98. The highest BCUT2D eigenvalue weighted by Crippen LogP contribution is 2.38. The van der Waals surface area contributed by atoms with Gasteiger partial charge in [0.05, 0.1) is 12.6 Å². The molecule has 0 spiro atoms. The Morgan fingerprint density at radius 1 is 1.21 bits per heavy atom. The number of fused-ring (bicyclic) bond motifs is 1. The van der Waals surface area contributed by atoms with Gasteiger partial charge < -0.3 is 4.42 Å². The molecule has 0 unspecified atom stereocenters. The second-order valence-electron chi connectivity index (χ2n) is 6.52. The standard InChI is InChI=1S/C19H21N3OS/c1-13(2)19-21-20-17(23-19)12-22-10-8-16-15(9-11-24-16)18(22)14-6-4-3-5-7-14/h3-7,9,11,13,18H,8,10,12H2,1-2H3/t18-/m0/s1. The van der Waals surface area contributed by atoms with E-state index in [1.807, 2.05) is 11.3 Å². The molecule has 24 heavy (non-hydrogen) atoms. The maximum Gasteiger partial charge on any atom is 0.230 e. The zero-order chi connectivity index (χ0) is 16.5. The van der Waals surface area contributed by atoms with Crippen LogP contribution in [0.5, 0.6) is 0 Å². The molecule has 0 saturated carbocycles. The molecule has 3 heterocycles. The summed E-state index contributed by atoms with van der Waals surface area (Å²) in [6, 6.07) is 13.2. The SMILES string of the molecule is CC(C)c1nnc(CN2CCc3sccc3[C@@H]2c2ccccc2)o1. The number of benzene rings is 1. The molecule has 4 nitrogen and oxygen atoms in total. The first-order valence-electron chi connectivity index (χ1n) is 8.40. The zero-order valence-electron chi connectivity index (χ0n) is 14.0. The fraction of sp³-hybridized carbons (Fsp3) is 0.368. The lowest BCUT2D eigenvalue weighted by atomic mass is 9.93. The lowest BCUT2D eigenvalue weighted by Crippen LogP contribution is -2.35. The van der Waals surface area contributed by atoms with Crippen molar-refractivity contribution in [3.8, 4) is 0 Å². The van der Waals surface area contributed by atoms with Crippen LogP contribution in [0, 0.1) is 0 Å². The van der Waals surface area contributed by atoms with Crippen molar-refractivity contribution in [2.75, 3.05) is 6.54 Å². The number of aromatic nitrogens is 2. The average molecular weight is 339 g/mol. The van der Waals surface area contributed by atoms with Crippen LogP contribution >= 0.6 is 11.3 Å². The summed E-state index contributed by atoms with van der Waals surface area (Å²) in [6.45, 7) is 5.84. The first kappa shape index (κ1) is 15.5. The molecule has 0 fully saturated rings. The highest BCUT2D eigenvalue weighted by atomic mass is 32.1. The van der Waals surface area contributed by atoms with Crippen LogP contribution in [0.15, 0.2) is 46.2 Å². The first-order chi connectivity index (χ1) is 11.7. The van der Waals surface area contributed by atoms with E-state index in [0.717, 1.165) is 18.9 Å². The van der Waals surface area contributed by atoms with E-state index in [2.05, 4.69) is 70.7 Å². The van der Waals surface area contributed by atoms with Crippen LogP contribution in [-0.4, -0.2) is 21.6 Å². The normalized spacial score (nSPS) is 18.0. The molecule has 0 bridgehead atoms. The summed E-state index contributed by atoms with van der Waals surface area (Å²) in [5.41, 5.74) is 2.74. The molecule has 0 saturated heterocycles. The van der Waals surface area contributed by atoms with Crippen molar-refractivity contribution in [2.45, 2.75) is 38.8 Å². The van der Waals surface area contributed by atoms with Gasteiger partial charge >= 0.3 is 0 Å². The molecule has 0 amide bonds. The second-order valence-corrected chi connectivity index (χ2v) is 7.52. The molecule has 1 aliphatic rings. The van der Waals surface area contributed by atoms with Crippen molar-refractivity contribution in [2.24, 2.45) is 0 Å². The van der Waals surface area contributed by atoms with E-state index in [1.165, 1.54) is 16.0 Å². The molecule has 1 aliphatic heterocycles. The molecule has 2 aromatic heterocycles. The monoisotopic (exact) mass is 339 g/mol. The molecule has 5 heteroatoms. The second kappa shape index (κ2) is 6.49. The minimum absolute atomic E-state index is 0.260. The van der Waals surface area contributed by atoms with Gasteiger partial charge in [-0.2, -0.15) is 0 Å². The summed E-state index contributed by atoms with van der Waals surface area (Å²) < 4.78 is 5.84. The van der Waals surface area contributed by atoms with Gasteiger partial charge in [0.25, 0.3) is 0 Å². The summed E-state index contributed by atoms with van der Waals surface area (Å²) in [7, 11) is 0. The molecule has 0 N–H and O–H groups in total. The van der Waals surface area contributed by atoms with Crippen LogP contribution in [0.2, 0.25) is 0 Å². The molecule has 4 rings (SSSR count). The molecule has 0 aliphatic carbocycles. The Balaban J connectivity index is 1.66. The zero-order valence-corrected chi connectivity index (χ0v) is 14.8. The maximum atomic E-state index is 5.84. The number of hydrogen-bond donors (Lipinski definition) is 0. The molecular formula is C19H21N3OS. The topological polar surface area (TPSA) is 42.2 Å². The summed E-state index contributed by atoms with van der Waals surface area (Å²) in [6.07, 6.45) is 1.08. The third-order valence-corrected chi connectivity index (χ3v) is 5.49. The van der Waals surface area contributed by atoms with Crippen molar-refractivity contribution in [3.63, 3.8) is 0 Å². The highest BCUT2D eigenvalue weighted by molar-refractivity contribution is 7.10. The van der Waals surface area contributed by atoms with E-state index < -0.39 is 0 Å². The van der Waals surface area contributed by atoms with Crippen LogP contribution in [0.3, 0.4) is 0 Å². The van der Waals surface area contributed by atoms with Crippen LogP contribution in [-0.2, 0) is 13.0 Å². The van der Waals surface area contributed by atoms with Crippen molar-refractivity contribution in [3.05, 3.63) is 69.6 Å². The van der Waals surface area contributed by atoms with Crippen molar-refractivity contribution in [1.29, 1.82) is 0 Å². The quantitative estimate of drug-likeness (QED) is 0.706. The summed E-state index contributed by atoms with van der Waals surface area (Å²) in [4.78, 5) is 3.94. The molecule has 1 atom stereocenters.